The van der Waals surface area contributed by atoms with Crippen molar-refractivity contribution in [2.45, 2.75) is 109 Å². The normalized spacial score (nSPS) is 32.7. The molecule has 2 aliphatic heterocycles. The summed E-state index contributed by atoms with van der Waals surface area (Å²) < 4.78 is 22.5. The Balaban J connectivity index is 2.32. The lowest BCUT2D eigenvalue weighted by atomic mass is 9.80. The molecule has 0 spiro atoms. The number of piperidine rings is 1. The molecule has 1 amide bonds. The van der Waals surface area contributed by atoms with Crippen molar-refractivity contribution in [3.8, 4) is 0 Å². The molecule has 4 unspecified atom stereocenters. The summed E-state index contributed by atoms with van der Waals surface area (Å²) in [5.74, 6) is -1.65. The Morgan fingerprint density at radius 2 is 1.62 bits per heavy atom. The molecule has 0 aliphatic carbocycles. The van der Waals surface area contributed by atoms with Crippen LogP contribution in [0.3, 0.4) is 0 Å². The molecule has 0 saturated carbocycles. The number of hydroxylamine groups is 2. The molecular weight excluding hydrogens is 424 g/mol. The number of rotatable bonds is 6. The highest BCUT2D eigenvalue weighted by atomic mass is 16.7. The zero-order valence-electron chi connectivity index (χ0n) is 19.8. The van der Waals surface area contributed by atoms with E-state index in [-0.39, 0.29) is 12.7 Å². The number of carbonyl (C=O) groups is 3. The monoisotopic (exact) mass is 460 g/mol. The van der Waals surface area contributed by atoms with E-state index in [0.717, 1.165) is 0 Å². The molecule has 2 fully saturated rings. The standard InChI is InChI=1S/C21H36N2O9/c1-11(24)22-16-18(30-13(3)26)17(27)15(10-29-12(2)25)32-19(16)31-14-8-20(4,5)23(28)21(6,7)9-14/h14-19,27-28H,8-10H2,1-7H3,(H,22,24)/t15?,16?,17-,18?,19?/m0/s1. The van der Waals surface area contributed by atoms with Crippen LogP contribution in [0.25, 0.3) is 0 Å². The largest absolute Gasteiger partial charge is 0.463 e. The molecule has 0 aromatic heterocycles. The number of nitrogens with one attached hydrogen (secondary N) is 1. The number of amides is 1. The number of carbonyl (C=O) groups excluding carboxylic acids is 3. The molecule has 5 atom stereocenters. The van der Waals surface area contributed by atoms with Crippen LogP contribution < -0.4 is 5.32 Å². The zero-order valence-corrected chi connectivity index (χ0v) is 19.8. The molecule has 0 aromatic carbocycles. The SMILES string of the molecule is CC(=O)NC1C(OC2CC(C)(C)N(O)C(C)(C)C2)OC(COC(C)=O)[C@H](O)C1OC(C)=O. The number of ether oxygens (including phenoxy) is 4. The Bertz CT molecular complexity index is 693. The molecule has 0 bridgehead atoms. The molecular formula is C21H36N2O9. The summed E-state index contributed by atoms with van der Waals surface area (Å²) in [6.45, 7) is 10.9. The quantitative estimate of drug-likeness (QED) is 0.479. The smallest absolute Gasteiger partial charge is 0.303 e. The van der Waals surface area contributed by atoms with Crippen molar-refractivity contribution < 1.29 is 43.6 Å². The Morgan fingerprint density at radius 3 is 2.09 bits per heavy atom. The second-order valence-electron chi connectivity index (χ2n) is 9.74. The summed E-state index contributed by atoms with van der Waals surface area (Å²) in [6.07, 6.45) is -4.18. The van der Waals surface area contributed by atoms with Gasteiger partial charge in [0.25, 0.3) is 0 Å². The first-order chi connectivity index (χ1) is 14.6. The Labute approximate surface area is 188 Å². The minimum absolute atomic E-state index is 0.285. The number of hydrogen-bond acceptors (Lipinski definition) is 10. The van der Waals surface area contributed by atoms with Gasteiger partial charge in [0.2, 0.25) is 5.91 Å². The number of aliphatic hydroxyl groups is 1. The first-order valence-corrected chi connectivity index (χ1v) is 10.7. The van der Waals surface area contributed by atoms with Gasteiger partial charge in [-0.05, 0) is 40.5 Å². The molecule has 11 nitrogen and oxygen atoms in total. The molecule has 3 N–H and O–H groups in total. The van der Waals surface area contributed by atoms with Crippen molar-refractivity contribution in [3.63, 3.8) is 0 Å². The maximum Gasteiger partial charge on any atom is 0.303 e. The summed E-state index contributed by atoms with van der Waals surface area (Å²) in [5.41, 5.74) is -1.20. The summed E-state index contributed by atoms with van der Waals surface area (Å²) in [7, 11) is 0. The number of aliphatic hydroxyl groups excluding tert-OH is 1. The van der Waals surface area contributed by atoms with Crippen LogP contribution in [-0.4, -0.2) is 87.7 Å². The van der Waals surface area contributed by atoms with Crippen LogP contribution in [0, 0.1) is 0 Å². The van der Waals surface area contributed by atoms with E-state index in [0.29, 0.717) is 12.8 Å². The van der Waals surface area contributed by atoms with Crippen molar-refractivity contribution in [1.82, 2.24) is 10.4 Å². The first kappa shape index (κ1) is 26.5. The van der Waals surface area contributed by atoms with Gasteiger partial charge in [-0.2, -0.15) is 5.06 Å². The van der Waals surface area contributed by atoms with Crippen LogP contribution >= 0.6 is 0 Å². The summed E-state index contributed by atoms with van der Waals surface area (Å²) in [6, 6.07) is -1.00. The van der Waals surface area contributed by atoms with E-state index < -0.39 is 59.6 Å². The summed E-state index contributed by atoms with van der Waals surface area (Å²) in [4.78, 5) is 34.9. The predicted molar refractivity (Wildman–Crippen MR) is 110 cm³/mol. The third-order valence-corrected chi connectivity index (χ3v) is 5.72. The van der Waals surface area contributed by atoms with Gasteiger partial charge in [0.1, 0.15) is 24.9 Å². The average molecular weight is 461 g/mol. The summed E-state index contributed by atoms with van der Waals surface area (Å²) >= 11 is 0. The molecule has 0 radical (unpaired) electrons. The summed E-state index contributed by atoms with van der Waals surface area (Å²) in [5, 5.41) is 25.3. The van der Waals surface area contributed by atoms with Crippen molar-refractivity contribution in [2.75, 3.05) is 6.61 Å². The van der Waals surface area contributed by atoms with Gasteiger partial charge in [-0.25, -0.2) is 0 Å². The van der Waals surface area contributed by atoms with Gasteiger partial charge >= 0.3 is 11.9 Å². The third-order valence-electron chi connectivity index (χ3n) is 5.72. The van der Waals surface area contributed by atoms with Crippen molar-refractivity contribution in [2.24, 2.45) is 0 Å². The average Bonchev–Trinajstić information content (AvgIpc) is 2.62. The highest BCUT2D eigenvalue weighted by Gasteiger charge is 2.51. The minimum atomic E-state index is -1.37. The van der Waals surface area contributed by atoms with Crippen LogP contribution in [0.2, 0.25) is 0 Å². The van der Waals surface area contributed by atoms with Gasteiger partial charge in [0.15, 0.2) is 12.4 Å². The zero-order chi connectivity index (χ0) is 24.4. The van der Waals surface area contributed by atoms with Gasteiger partial charge < -0.3 is 34.6 Å². The fraction of sp³-hybridized carbons (Fsp3) is 0.857. The van der Waals surface area contributed by atoms with E-state index >= 15 is 0 Å². The van der Waals surface area contributed by atoms with E-state index in [9.17, 15) is 24.7 Å². The van der Waals surface area contributed by atoms with Gasteiger partial charge in [-0.1, -0.05) is 0 Å². The fourth-order valence-electron chi connectivity index (χ4n) is 4.55. The van der Waals surface area contributed by atoms with Crippen LogP contribution in [0.4, 0.5) is 0 Å². The minimum Gasteiger partial charge on any atom is -0.463 e. The van der Waals surface area contributed by atoms with E-state index in [2.05, 4.69) is 5.32 Å². The second-order valence-corrected chi connectivity index (χ2v) is 9.74. The maximum absolute atomic E-state index is 11.9. The van der Waals surface area contributed by atoms with E-state index in [1.54, 1.807) is 0 Å². The molecule has 32 heavy (non-hydrogen) atoms. The fourth-order valence-corrected chi connectivity index (χ4v) is 4.55. The highest BCUT2D eigenvalue weighted by molar-refractivity contribution is 5.73. The lowest BCUT2D eigenvalue weighted by molar-refractivity contribution is -0.311. The van der Waals surface area contributed by atoms with Gasteiger partial charge in [-0.3, -0.25) is 14.4 Å². The predicted octanol–water partition coefficient (Wildman–Crippen LogP) is 0.499. The van der Waals surface area contributed by atoms with Crippen LogP contribution in [-0.2, 0) is 33.3 Å². The molecule has 184 valence electrons. The Hall–Kier alpha value is -1.79. The second kappa shape index (κ2) is 10.0. The van der Waals surface area contributed by atoms with E-state index in [1.807, 2.05) is 27.7 Å². The molecule has 2 saturated heterocycles. The first-order valence-electron chi connectivity index (χ1n) is 10.7. The van der Waals surface area contributed by atoms with Gasteiger partial charge in [-0.15, -0.1) is 0 Å². The van der Waals surface area contributed by atoms with Gasteiger partial charge in [0, 0.05) is 31.8 Å². The van der Waals surface area contributed by atoms with Crippen molar-refractivity contribution >= 4 is 17.8 Å². The molecule has 2 aliphatic rings. The van der Waals surface area contributed by atoms with E-state index in [1.165, 1.54) is 25.8 Å². The molecule has 2 heterocycles. The third kappa shape index (κ3) is 6.38. The lowest BCUT2D eigenvalue weighted by Gasteiger charge is -2.52. The molecule has 11 heteroatoms. The number of nitrogens with zero attached hydrogens (tertiary/aromatic N) is 1. The Morgan fingerprint density at radius 1 is 1.06 bits per heavy atom. The molecule has 2 rings (SSSR count). The van der Waals surface area contributed by atoms with Crippen LogP contribution in [0.1, 0.15) is 61.3 Å². The number of hydrogen-bond donors (Lipinski definition) is 3. The lowest BCUT2D eigenvalue weighted by Crippen LogP contribution is -2.67. The van der Waals surface area contributed by atoms with Gasteiger partial charge in [0.05, 0.1) is 6.10 Å². The topological polar surface area (TPSA) is 144 Å². The molecule has 0 aromatic rings. The maximum atomic E-state index is 11.9. The highest BCUT2D eigenvalue weighted by Crippen LogP contribution is 2.39. The van der Waals surface area contributed by atoms with E-state index in [4.69, 9.17) is 18.9 Å². The van der Waals surface area contributed by atoms with Crippen molar-refractivity contribution in [1.29, 1.82) is 0 Å². The van der Waals surface area contributed by atoms with Crippen LogP contribution in [0.5, 0.6) is 0 Å². The Kier molecular flexibility index (Phi) is 8.27. The van der Waals surface area contributed by atoms with Crippen molar-refractivity contribution in [3.05, 3.63) is 0 Å². The number of esters is 2. The van der Waals surface area contributed by atoms with Crippen LogP contribution in [0.15, 0.2) is 0 Å².